The molecule has 3 aromatic heterocycles. The third-order valence-corrected chi connectivity index (χ3v) is 3.97. The van der Waals surface area contributed by atoms with Crippen LogP contribution in [0.3, 0.4) is 0 Å². The Morgan fingerprint density at radius 1 is 1.37 bits per heavy atom. The smallest absolute Gasteiger partial charge is 0.282 e. The van der Waals surface area contributed by atoms with E-state index in [0.29, 0.717) is 17.1 Å². The van der Waals surface area contributed by atoms with Gasteiger partial charge in [-0.3, -0.25) is 0 Å². The molecular weight excluding hydrogens is 282 g/mol. The molecule has 0 amide bonds. The van der Waals surface area contributed by atoms with Gasteiger partial charge in [0.25, 0.3) is 5.22 Å². The molecule has 6 nitrogen and oxygen atoms in total. The van der Waals surface area contributed by atoms with E-state index in [1.54, 1.807) is 18.3 Å². The SMILES string of the molecule is CCNc1nc(Sc2nnc(C)o2)c2ccsc2n1. The Morgan fingerprint density at radius 2 is 2.26 bits per heavy atom. The van der Waals surface area contributed by atoms with Gasteiger partial charge in [0.05, 0.1) is 0 Å². The normalized spacial score (nSPS) is 11.1. The van der Waals surface area contributed by atoms with Crippen LogP contribution >= 0.6 is 23.1 Å². The molecule has 1 N–H and O–H groups in total. The van der Waals surface area contributed by atoms with Gasteiger partial charge in [-0.2, -0.15) is 0 Å². The molecule has 0 spiro atoms. The second-order valence-electron chi connectivity index (χ2n) is 3.71. The van der Waals surface area contributed by atoms with E-state index in [0.717, 1.165) is 21.8 Å². The molecule has 0 fully saturated rings. The van der Waals surface area contributed by atoms with Crippen LogP contribution in [0.2, 0.25) is 0 Å². The molecule has 0 atom stereocenters. The average molecular weight is 293 g/mol. The number of thiophene rings is 1. The third kappa shape index (κ3) is 2.54. The Hall–Kier alpha value is -1.67. The molecule has 0 saturated carbocycles. The maximum Gasteiger partial charge on any atom is 0.282 e. The standard InChI is InChI=1S/C11H11N5OS2/c1-3-12-10-13-8-7(4-5-18-8)9(14-10)19-11-16-15-6(2)17-11/h4-5H,3H2,1-2H3,(H,12,13,14). The molecule has 3 aromatic rings. The van der Waals surface area contributed by atoms with Crippen LogP contribution in [0, 0.1) is 6.92 Å². The molecule has 0 aliphatic carbocycles. The number of anilines is 1. The van der Waals surface area contributed by atoms with Crippen LogP contribution in [-0.2, 0) is 0 Å². The van der Waals surface area contributed by atoms with Crippen molar-refractivity contribution in [3.8, 4) is 0 Å². The van der Waals surface area contributed by atoms with Crippen LogP contribution in [0.25, 0.3) is 10.2 Å². The summed E-state index contributed by atoms with van der Waals surface area (Å²) >= 11 is 2.94. The molecule has 0 aliphatic heterocycles. The highest BCUT2D eigenvalue weighted by molar-refractivity contribution is 7.99. The quantitative estimate of drug-likeness (QED) is 0.741. The Morgan fingerprint density at radius 3 is 3.00 bits per heavy atom. The molecule has 0 bridgehead atoms. The molecule has 0 saturated heterocycles. The van der Waals surface area contributed by atoms with Gasteiger partial charge in [0, 0.05) is 18.9 Å². The predicted molar refractivity (Wildman–Crippen MR) is 74.7 cm³/mol. The Balaban J connectivity index is 2.02. The van der Waals surface area contributed by atoms with Crippen molar-refractivity contribution in [3.05, 3.63) is 17.3 Å². The number of fused-ring (bicyclic) bond motifs is 1. The van der Waals surface area contributed by atoms with Crippen LogP contribution in [0.1, 0.15) is 12.8 Å². The summed E-state index contributed by atoms with van der Waals surface area (Å²) in [6.45, 7) is 4.55. The minimum atomic E-state index is 0.492. The minimum Gasteiger partial charge on any atom is -0.416 e. The molecule has 0 aromatic carbocycles. The highest BCUT2D eigenvalue weighted by Gasteiger charge is 2.13. The van der Waals surface area contributed by atoms with Crippen molar-refractivity contribution in [1.82, 2.24) is 20.2 Å². The van der Waals surface area contributed by atoms with Gasteiger partial charge in [-0.05, 0) is 30.1 Å². The van der Waals surface area contributed by atoms with Gasteiger partial charge in [0.15, 0.2) is 0 Å². The molecule has 0 aliphatic rings. The molecule has 3 rings (SSSR count). The molecule has 98 valence electrons. The first kappa shape index (κ1) is 12.4. The Labute approximate surface area is 117 Å². The lowest BCUT2D eigenvalue weighted by Gasteiger charge is -2.04. The van der Waals surface area contributed by atoms with E-state index in [2.05, 4.69) is 25.5 Å². The minimum absolute atomic E-state index is 0.492. The van der Waals surface area contributed by atoms with Crippen molar-refractivity contribution in [2.45, 2.75) is 24.1 Å². The number of aromatic nitrogens is 4. The summed E-state index contributed by atoms with van der Waals surface area (Å²) in [6, 6.07) is 2.00. The number of rotatable bonds is 4. The van der Waals surface area contributed by atoms with E-state index in [9.17, 15) is 0 Å². The highest BCUT2D eigenvalue weighted by Crippen LogP contribution is 2.33. The van der Waals surface area contributed by atoms with Crippen molar-refractivity contribution >= 4 is 39.3 Å². The summed E-state index contributed by atoms with van der Waals surface area (Å²) in [5, 5.41) is 15.2. The fraction of sp³-hybridized carbons (Fsp3) is 0.273. The van der Waals surface area contributed by atoms with Crippen LogP contribution in [0.5, 0.6) is 0 Å². The monoisotopic (exact) mass is 293 g/mol. The predicted octanol–water partition coefficient (Wildman–Crippen LogP) is 2.97. The first-order valence-corrected chi connectivity index (χ1v) is 7.43. The molecule has 19 heavy (non-hydrogen) atoms. The van der Waals surface area contributed by atoms with E-state index in [4.69, 9.17) is 4.42 Å². The van der Waals surface area contributed by atoms with E-state index < -0.39 is 0 Å². The van der Waals surface area contributed by atoms with Gasteiger partial charge in [-0.25, -0.2) is 9.97 Å². The molecular formula is C11H11N5OS2. The van der Waals surface area contributed by atoms with E-state index >= 15 is 0 Å². The lowest BCUT2D eigenvalue weighted by molar-refractivity contribution is 0.429. The maximum atomic E-state index is 5.38. The van der Waals surface area contributed by atoms with Crippen molar-refractivity contribution in [2.24, 2.45) is 0 Å². The van der Waals surface area contributed by atoms with Gasteiger partial charge >= 0.3 is 0 Å². The maximum absolute atomic E-state index is 5.38. The molecule has 0 unspecified atom stereocenters. The van der Waals surface area contributed by atoms with Gasteiger partial charge in [0.1, 0.15) is 9.86 Å². The zero-order valence-corrected chi connectivity index (χ0v) is 12.0. The summed E-state index contributed by atoms with van der Waals surface area (Å²) < 4.78 is 5.38. The zero-order valence-electron chi connectivity index (χ0n) is 10.4. The largest absolute Gasteiger partial charge is 0.416 e. The van der Waals surface area contributed by atoms with Crippen LogP contribution < -0.4 is 5.32 Å². The van der Waals surface area contributed by atoms with E-state index in [-0.39, 0.29) is 0 Å². The molecule has 8 heteroatoms. The van der Waals surface area contributed by atoms with Gasteiger partial charge in [-0.1, -0.05) is 0 Å². The Bertz CT molecular complexity index is 708. The number of hydrogen-bond acceptors (Lipinski definition) is 8. The summed E-state index contributed by atoms with van der Waals surface area (Å²) in [6.07, 6.45) is 0. The summed E-state index contributed by atoms with van der Waals surface area (Å²) in [5.41, 5.74) is 0. The fourth-order valence-corrected chi connectivity index (χ4v) is 3.19. The number of nitrogens with one attached hydrogen (secondary N) is 1. The van der Waals surface area contributed by atoms with Crippen LogP contribution in [0.15, 0.2) is 26.1 Å². The van der Waals surface area contributed by atoms with E-state index in [1.165, 1.54) is 11.8 Å². The van der Waals surface area contributed by atoms with Gasteiger partial charge in [-0.15, -0.1) is 21.5 Å². The number of hydrogen-bond donors (Lipinski definition) is 1. The first-order valence-electron chi connectivity index (χ1n) is 5.73. The lowest BCUT2D eigenvalue weighted by Crippen LogP contribution is -2.02. The third-order valence-electron chi connectivity index (χ3n) is 2.32. The topological polar surface area (TPSA) is 76.7 Å². The number of nitrogens with zero attached hydrogens (tertiary/aromatic N) is 4. The van der Waals surface area contributed by atoms with Gasteiger partial charge < -0.3 is 9.73 Å². The molecule has 0 radical (unpaired) electrons. The Kier molecular flexibility index (Phi) is 3.34. The van der Waals surface area contributed by atoms with Crippen molar-refractivity contribution in [2.75, 3.05) is 11.9 Å². The van der Waals surface area contributed by atoms with Crippen LogP contribution in [-0.4, -0.2) is 26.7 Å². The van der Waals surface area contributed by atoms with Crippen molar-refractivity contribution < 1.29 is 4.42 Å². The lowest BCUT2D eigenvalue weighted by atomic mass is 10.4. The average Bonchev–Trinajstić information content (AvgIpc) is 2.99. The zero-order chi connectivity index (χ0) is 13.2. The van der Waals surface area contributed by atoms with E-state index in [1.807, 2.05) is 18.4 Å². The summed E-state index contributed by atoms with van der Waals surface area (Å²) in [5.74, 6) is 1.17. The number of aryl methyl sites for hydroxylation is 1. The van der Waals surface area contributed by atoms with Crippen molar-refractivity contribution in [3.63, 3.8) is 0 Å². The molecule has 3 heterocycles. The van der Waals surface area contributed by atoms with Gasteiger partial charge in [0.2, 0.25) is 11.8 Å². The van der Waals surface area contributed by atoms with Crippen molar-refractivity contribution in [1.29, 1.82) is 0 Å². The van der Waals surface area contributed by atoms with Crippen LogP contribution in [0.4, 0.5) is 5.95 Å². The summed E-state index contributed by atoms with van der Waals surface area (Å²) in [4.78, 5) is 9.88. The highest BCUT2D eigenvalue weighted by atomic mass is 32.2. The first-order chi connectivity index (χ1) is 9.26. The fourth-order valence-electron chi connectivity index (χ4n) is 1.55. The summed E-state index contributed by atoms with van der Waals surface area (Å²) in [7, 11) is 0. The second kappa shape index (κ2) is 5.14. The second-order valence-corrected chi connectivity index (χ2v) is 5.55.